The molecule has 8 heteroatoms. The van der Waals surface area contributed by atoms with Gasteiger partial charge in [-0.2, -0.15) is 5.26 Å². The molecule has 1 aromatic carbocycles. The van der Waals surface area contributed by atoms with Crippen molar-refractivity contribution < 1.29 is 24.5 Å². The van der Waals surface area contributed by atoms with Crippen LogP contribution in [-0.4, -0.2) is 35.7 Å². The van der Waals surface area contributed by atoms with Crippen molar-refractivity contribution in [3.05, 3.63) is 26.6 Å². The Labute approximate surface area is 138 Å². The normalized spacial score (nSPS) is 16.5. The average molecular weight is 423 g/mol. The molecule has 0 aliphatic carbocycles. The zero-order valence-corrected chi connectivity index (χ0v) is 14.1. The number of halogens is 2. The molecule has 0 bridgehead atoms. The van der Waals surface area contributed by atoms with Gasteiger partial charge in [0.05, 0.1) is 26.7 Å². The lowest BCUT2D eigenvalue weighted by molar-refractivity contribution is 0.0239. The van der Waals surface area contributed by atoms with Gasteiger partial charge in [-0.05, 0) is 56.8 Å². The Bertz CT molecular complexity index is 515. The zero-order valence-electron chi connectivity index (χ0n) is 10.9. The molecular formula is C13H13Br2NO5. The van der Waals surface area contributed by atoms with Crippen molar-refractivity contribution in [1.29, 1.82) is 5.26 Å². The van der Waals surface area contributed by atoms with Crippen LogP contribution in [0.25, 0.3) is 0 Å². The highest BCUT2D eigenvalue weighted by molar-refractivity contribution is 9.11. The molecule has 1 saturated heterocycles. The third kappa shape index (κ3) is 6.33. The van der Waals surface area contributed by atoms with Gasteiger partial charge in [-0.3, -0.25) is 0 Å². The molecule has 1 aromatic rings. The highest BCUT2D eigenvalue weighted by atomic mass is 79.9. The molecule has 2 N–H and O–H groups in total. The van der Waals surface area contributed by atoms with E-state index in [1.807, 2.05) is 6.07 Å². The van der Waals surface area contributed by atoms with Crippen LogP contribution < -0.4 is 0 Å². The van der Waals surface area contributed by atoms with E-state index in [1.165, 1.54) is 0 Å². The van der Waals surface area contributed by atoms with Gasteiger partial charge in [-0.1, -0.05) is 0 Å². The number of benzene rings is 1. The summed E-state index contributed by atoms with van der Waals surface area (Å²) in [5.74, 6) is 0.115. The van der Waals surface area contributed by atoms with Crippen molar-refractivity contribution in [2.24, 2.45) is 0 Å². The molecule has 1 unspecified atom stereocenters. The van der Waals surface area contributed by atoms with E-state index in [0.29, 0.717) is 14.5 Å². The van der Waals surface area contributed by atoms with Crippen molar-refractivity contribution in [2.45, 2.75) is 18.9 Å². The fraction of sp³-hybridized carbons (Fsp3) is 0.385. The fourth-order valence-electron chi connectivity index (χ4n) is 1.57. The molecule has 1 aliphatic rings. The number of hydrogen-bond acceptors (Lipinski definition) is 5. The summed E-state index contributed by atoms with van der Waals surface area (Å²) in [7, 11) is 0. The molecule has 1 heterocycles. The SMILES string of the molecule is N#Cc1cc(Br)c(O)c(Br)c1.O=C(O)OCC1CCCO1. The second-order valence-electron chi connectivity index (χ2n) is 4.11. The van der Waals surface area contributed by atoms with E-state index in [1.54, 1.807) is 12.1 Å². The molecule has 6 nitrogen and oxygen atoms in total. The standard InChI is InChI=1S/C7H3Br2NO.C6H10O4/c8-5-1-4(3-10)2-6(9)7(5)11;7-6(8)10-4-5-2-1-3-9-5/h1-2,11H;5H,1-4H2,(H,7,8). The van der Waals surface area contributed by atoms with Crippen LogP contribution in [0, 0.1) is 11.3 Å². The molecule has 1 fully saturated rings. The van der Waals surface area contributed by atoms with Crippen LogP contribution in [0.5, 0.6) is 5.75 Å². The number of phenolic OH excluding ortho intramolecular Hbond substituents is 1. The maximum Gasteiger partial charge on any atom is 0.505 e. The lowest BCUT2D eigenvalue weighted by Gasteiger charge is -2.06. The maximum absolute atomic E-state index is 9.88. The van der Waals surface area contributed by atoms with Crippen LogP contribution in [0.1, 0.15) is 18.4 Å². The molecule has 0 spiro atoms. The summed E-state index contributed by atoms with van der Waals surface area (Å²) in [6.07, 6.45) is 0.688. The second-order valence-corrected chi connectivity index (χ2v) is 5.82. The first-order valence-corrected chi connectivity index (χ1v) is 7.58. The van der Waals surface area contributed by atoms with Crippen molar-refractivity contribution in [1.82, 2.24) is 0 Å². The van der Waals surface area contributed by atoms with Crippen molar-refractivity contribution in [3.63, 3.8) is 0 Å². The Kier molecular flexibility index (Phi) is 7.50. The number of nitrogens with zero attached hydrogens (tertiary/aromatic N) is 1. The molecule has 1 aliphatic heterocycles. The second kappa shape index (κ2) is 8.87. The predicted molar refractivity (Wildman–Crippen MR) is 81.2 cm³/mol. The van der Waals surface area contributed by atoms with Gasteiger partial charge in [0.1, 0.15) is 12.4 Å². The molecule has 1 atom stereocenters. The van der Waals surface area contributed by atoms with Crippen molar-refractivity contribution in [2.75, 3.05) is 13.2 Å². The summed E-state index contributed by atoms with van der Waals surface area (Å²) >= 11 is 6.21. The smallest absolute Gasteiger partial charge is 0.505 e. The molecule has 0 aromatic heterocycles. The van der Waals surface area contributed by atoms with E-state index in [-0.39, 0.29) is 18.5 Å². The Morgan fingerprint density at radius 1 is 1.48 bits per heavy atom. The average Bonchev–Trinajstić information content (AvgIpc) is 2.96. The van der Waals surface area contributed by atoms with Gasteiger partial charge in [0.15, 0.2) is 0 Å². The number of carboxylic acid groups (broad SMARTS) is 1. The first-order chi connectivity index (χ1) is 9.93. The lowest BCUT2D eigenvalue weighted by Crippen LogP contribution is -2.16. The quantitative estimate of drug-likeness (QED) is 0.705. The summed E-state index contributed by atoms with van der Waals surface area (Å²) in [5.41, 5.74) is 0.501. The lowest BCUT2D eigenvalue weighted by atomic mass is 10.2. The summed E-state index contributed by atoms with van der Waals surface area (Å²) in [6, 6.07) is 5.08. The van der Waals surface area contributed by atoms with Gasteiger partial charge >= 0.3 is 6.16 Å². The van der Waals surface area contributed by atoms with Crippen molar-refractivity contribution >= 4 is 38.0 Å². The van der Waals surface area contributed by atoms with Gasteiger partial charge in [-0.25, -0.2) is 4.79 Å². The molecule has 2 rings (SSSR count). The molecule has 21 heavy (non-hydrogen) atoms. The summed E-state index contributed by atoms with van der Waals surface area (Å²) in [6.45, 7) is 0.906. The van der Waals surface area contributed by atoms with Crippen LogP contribution in [0.3, 0.4) is 0 Å². The third-order valence-electron chi connectivity index (χ3n) is 2.56. The zero-order chi connectivity index (χ0) is 15.8. The van der Waals surface area contributed by atoms with Gasteiger partial charge in [0, 0.05) is 6.61 Å². The van der Waals surface area contributed by atoms with Gasteiger partial charge in [0.2, 0.25) is 0 Å². The molecule has 0 amide bonds. The summed E-state index contributed by atoms with van der Waals surface area (Å²) < 4.78 is 10.5. The Morgan fingerprint density at radius 2 is 2.10 bits per heavy atom. The summed E-state index contributed by atoms with van der Waals surface area (Å²) in [4.78, 5) is 9.88. The molecular weight excluding hydrogens is 410 g/mol. The maximum atomic E-state index is 9.88. The Hall–Kier alpha value is -1.30. The highest BCUT2D eigenvalue weighted by Crippen LogP contribution is 2.32. The van der Waals surface area contributed by atoms with Crippen LogP contribution in [0.2, 0.25) is 0 Å². The number of aromatic hydroxyl groups is 1. The largest absolute Gasteiger partial charge is 0.506 e. The van der Waals surface area contributed by atoms with E-state index in [0.717, 1.165) is 19.4 Å². The van der Waals surface area contributed by atoms with Crippen LogP contribution >= 0.6 is 31.9 Å². The third-order valence-corrected chi connectivity index (χ3v) is 3.77. The van der Waals surface area contributed by atoms with E-state index >= 15 is 0 Å². The number of nitriles is 1. The number of carbonyl (C=O) groups is 1. The number of ether oxygens (including phenoxy) is 2. The molecule has 0 radical (unpaired) electrons. The fourth-order valence-corrected chi connectivity index (χ4v) is 2.76. The first-order valence-electron chi connectivity index (χ1n) is 5.99. The minimum absolute atomic E-state index is 0.00361. The Balaban J connectivity index is 0.000000211. The minimum Gasteiger partial charge on any atom is -0.506 e. The number of hydrogen-bond donors (Lipinski definition) is 2. The van der Waals surface area contributed by atoms with Crippen LogP contribution in [0.15, 0.2) is 21.1 Å². The van der Waals surface area contributed by atoms with Crippen molar-refractivity contribution in [3.8, 4) is 11.8 Å². The number of rotatable bonds is 2. The predicted octanol–water partition coefficient (Wildman–Crippen LogP) is 3.65. The van der Waals surface area contributed by atoms with E-state index in [4.69, 9.17) is 15.1 Å². The van der Waals surface area contributed by atoms with E-state index < -0.39 is 6.16 Å². The molecule has 0 saturated carbocycles. The minimum atomic E-state index is -1.23. The van der Waals surface area contributed by atoms with Gasteiger partial charge < -0.3 is 19.7 Å². The van der Waals surface area contributed by atoms with Gasteiger partial charge in [0.25, 0.3) is 0 Å². The topological polar surface area (TPSA) is 99.8 Å². The Morgan fingerprint density at radius 3 is 2.52 bits per heavy atom. The van der Waals surface area contributed by atoms with E-state index in [9.17, 15) is 9.90 Å². The van der Waals surface area contributed by atoms with E-state index in [2.05, 4.69) is 36.6 Å². The number of phenols is 1. The highest BCUT2D eigenvalue weighted by Gasteiger charge is 2.16. The monoisotopic (exact) mass is 421 g/mol. The molecule has 114 valence electrons. The van der Waals surface area contributed by atoms with Crippen LogP contribution in [-0.2, 0) is 9.47 Å². The van der Waals surface area contributed by atoms with Crippen LogP contribution in [0.4, 0.5) is 4.79 Å². The summed E-state index contributed by atoms with van der Waals surface area (Å²) in [5, 5.41) is 25.8. The van der Waals surface area contributed by atoms with Gasteiger partial charge in [-0.15, -0.1) is 0 Å². The first kappa shape index (κ1) is 17.8.